The zero-order valence-corrected chi connectivity index (χ0v) is 19.0. The Hall–Kier alpha value is -3.26. The van der Waals surface area contributed by atoms with E-state index in [1.165, 1.54) is 5.56 Å². The van der Waals surface area contributed by atoms with Gasteiger partial charge in [-0.2, -0.15) is 4.98 Å². The number of benzene rings is 1. The van der Waals surface area contributed by atoms with E-state index in [1.54, 1.807) is 10.8 Å². The summed E-state index contributed by atoms with van der Waals surface area (Å²) < 4.78 is 1.69. The second kappa shape index (κ2) is 8.59. The van der Waals surface area contributed by atoms with Crippen LogP contribution in [0.3, 0.4) is 0 Å². The second-order valence-corrected chi connectivity index (χ2v) is 9.57. The summed E-state index contributed by atoms with van der Waals surface area (Å²) in [5.41, 5.74) is 8.86. The molecular formula is C25H30N6O2. The molecule has 8 nitrogen and oxygen atoms in total. The minimum Gasteiger partial charge on any atom is -0.369 e. The highest BCUT2D eigenvalue weighted by molar-refractivity contribution is 5.89. The zero-order valence-electron chi connectivity index (χ0n) is 19.0. The zero-order chi connectivity index (χ0) is 23.0. The van der Waals surface area contributed by atoms with Gasteiger partial charge in [0, 0.05) is 50.6 Å². The number of nitrogen functional groups attached to an aromatic ring is 1. The summed E-state index contributed by atoms with van der Waals surface area (Å²) in [6.45, 7) is 6.26. The summed E-state index contributed by atoms with van der Waals surface area (Å²) in [7, 11) is 0. The summed E-state index contributed by atoms with van der Waals surface area (Å²) >= 11 is 0. The van der Waals surface area contributed by atoms with Gasteiger partial charge in [0.1, 0.15) is 17.0 Å². The van der Waals surface area contributed by atoms with E-state index in [-0.39, 0.29) is 16.9 Å². The van der Waals surface area contributed by atoms with Gasteiger partial charge in [0.15, 0.2) is 0 Å². The van der Waals surface area contributed by atoms with Gasteiger partial charge < -0.3 is 15.6 Å². The molecule has 1 saturated heterocycles. The molecule has 3 heterocycles. The fourth-order valence-corrected chi connectivity index (χ4v) is 5.06. The van der Waals surface area contributed by atoms with Gasteiger partial charge in [0.05, 0.1) is 12.1 Å². The summed E-state index contributed by atoms with van der Waals surface area (Å²) in [6.07, 6.45) is 5.31. The van der Waals surface area contributed by atoms with Crippen LogP contribution in [0.25, 0.3) is 10.9 Å². The number of nitrogens with one attached hydrogen (secondary N) is 1. The molecule has 2 aliphatic rings. The van der Waals surface area contributed by atoms with Crippen molar-refractivity contribution in [2.75, 3.05) is 30.7 Å². The Morgan fingerprint density at radius 1 is 1.03 bits per heavy atom. The lowest BCUT2D eigenvalue weighted by atomic mass is 9.63. The predicted molar refractivity (Wildman–Crippen MR) is 129 cm³/mol. The molecule has 0 unspecified atom stereocenters. The molecule has 5 rings (SSSR count). The highest BCUT2D eigenvalue weighted by Gasteiger charge is 2.51. The maximum absolute atomic E-state index is 13.2. The van der Waals surface area contributed by atoms with Gasteiger partial charge in [-0.3, -0.25) is 14.5 Å². The average Bonchev–Trinajstić information content (AvgIpc) is 2.74. The Kier molecular flexibility index (Phi) is 5.62. The molecule has 3 N–H and O–H groups in total. The monoisotopic (exact) mass is 446 g/mol. The van der Waals surface area contributed by atoms with Crippen molar-refractivity contribution < 1.29 is 4.79 Å². The van der Waals surface area contributed by atoms with E-state index in [0.29, 0.717) is 29.0 Å². The second-order valence-electron chi connectivity index (χ2n) is 9.57. The van der Waals surface area contributed by atoms with Crippen molar-refractivity contribution >= 4 is 28.5 Å². The van der Waals surface area contributed by atoms with E-state index in [2.05, 4.69) is 51.4 Å². The number of hydrogen-bond donors (Lipinski definition) is 2. The highest BCUT2D eigenvalue weighted by Crippen LogP contribution is 2.46. The lowest BCUT2D eigenvalue weighted by molar-refractivity contribution is -0.145. The first-order chi connectivity index (χ1) is 15.9. The van der Waals surface area contributed by atoms with Crippen molar-refractivity contribution in [2.45, 2.75) is 45.7 Å². The number of anilines is 2. The van der Waals surface area contributed by atoms with Crippen LogP contribution in [-0.2, 0) is 17.9 Å². The number of carbonyl (C=O) groups is 1. The van der Waals surface area contributed by atoms with E-state index in [9.17, 15) is 9.59 Å². The maximum atomic E-state index is 13.2. The molecule has 33 heavy (non-hydrogen) atoms. The number of ketones is 1. The van der Waals surface area contributed by atoms with Gasteiger partial charge in [-0.15, -0.1) is 0 Å². The number of pyridine rings is 1. The quantitative estimate of drug-likeness (QED) is 0.513. The molecule has 172 valence electrons. The van der Waals surface area contributed by atoms with Gasteiger partial charge in [-0.25, -0.2) is 4.98 Å². The summed E-state index contributed by atoms with van der Waals surface area (Å²) in [6, 6.07) is 10.2. The number of nitrogens with two attached hydrogens (primary N) is 1. The molecule has 1 saturated carbocycles. The Morgan fingerprint density at radius 2 is 1.73 bits per heavy atom. The number of hydrogen-bond acceptors (Lipinski definition) is 7. The van der Waals surface area contributed by atoms with Crippen LogP contribution in [0.15, 0.2) is 41.3 Å². The van der Waals surface area contributed by atoms with Gasteiger partial charge in [-0.1, -0.05) is 37.6 Å². The number of unbranched alkanes of at least 4 members (excludes halogenated alkanes) is 1. The molecule has 2 aromatic heterocycles. The molecule has 1 aliphatic heterocycles. The molecular weight excluding hydrogens is 416 g/mol. The molecule has 1 aliphatic carbocycles. The highest BCUT2D eigenvalue weighted by atomic mass is 16.1. The third kappa shape index (κ3) is 4.35. The molecule has 0 amide bonds. The number of likely N-dealkylation sites (tertiary alicyclic amines) is 1. The molecule has 0 atom stereocenters. The largest absolute Gasteiger partial charge is 0.369 e. The SMILES string of the molecule is CCCCNc1nc(N)nc2ccn(Cc3ccc(CN4CC5(CC(=O)C5)C4)cc3)c(=O)c12. The Morgan fingerprint density at radius 3 is 2.39 bits per heavy atom. The van der Waals surface area contributed by atoms with E-state index in [0.717, 1.165) is 57.4 Å². The van der Waals surface area contributed by atoms with Crippen LogP contribution >= 0.6 is 0 Å². The Labute approximate surface area is 192 Å². The number of carbonyl (C=O) groups excluding carboxylic acids is 1. The number of aromatic nitrogens is 3. The van der Waals surface area contributed by atoms with E-state index >= 15 is 0 Å². The lowest BCUT2D eigenvalue weighted by Crippen LogP contribution is -2.61. The van der Waals surface area contributed by atoms with Crippen LogP contribution in [0.2, 0.25) is 0 Å². The standard InChI is InChI=1S/C25H30N6O2/c1-2-3-9-27-22-21-20(28-24(26)29-22)8-10-31(23(21)33)14-18-6-4-17(5-7-18)13-30-15-25(16-30)11-19(32)12-25/h4-8,10H,2-3,9,11-16H2,1H3,(H3,26,27,28,29). The smallest absolute Gasteiger partial charge is 0.264 e. The van der Waals surface area contributed by atoms with Crippen LogP contribution in [0.1, 0.15) is 43.7 Å². The van der Waals surface area contributed by atoms with Crippen LogP contribution in [0, 0.1) is 5.41 Å². The van der Waals surface area contributed by atoms with Crippen molar-refractivity contribution in [3.05, 3.63) is 58.0 Å². The van der Waals surface area contributed by atoms with Crippen molar-refractivity contribution in [3.8, 4) is 0 Å². The van der Waals surface area contributed by atoms with Crippen LogP contribution in [0.4, 0.5) is 11.8 Å². The van der Waals surface area contributed by atoms with Crippen molar-refractivity contribution in [1.82, 2.24) is 19.4 Å². The first kappa shape index (κ1) is 21.6. The summed E-state index contributed by atoms with van der Waals surface area (Å²) in [4.78, 5) is 35.5. The summed E-state index contributed by atoms with van der Waals surface area (Å²) in [5.74, 6) is 1.06. The molecule has 1 aromatic carbocycles. The normalized spacial score (nSPS) is 17.2. The fraction of sp³-hybridized carbons (Fsp3) is 0.440. The van der Waals surface area contributed by atoms with Gasteiger partial charge in [-0.05, 0) is 23.6 Å². The van der Waals surface area contributed by atoms with Crippen molar-refractivity contribution in [1.29, 1.82) is 0 Å². The van der Waals surface area contributed by atoms with Gasteiger partial charge >= 0.3 is 0 Å². The Balaban J connectivity index is 1.29. The average molecular weight is 447 g/mol. The first-order valence-electron chi connectivity index (χ1n) is 11.7. The van der Waals surface area contributed by atoms with Crippen LogP contribution in [0.5, 0.6) is 0 Å². The fourth-order valence-electron chi connectivity index (χ4n) is 5.06. The van der Waals surface area contributed by atoms with Gasteiger partial charge in [0.2, 0.25) is 5.95 Å². The van der Waals surface area contributed by atoms with Crippen molar-refractivity contribution in [3.63, 3.8) is 0 Å². The molecule has 0 radical (unpaired) electrons. The lowest BCUT2D eigenvalue weighted by Gasteiger charge is -2.55. The van der Waals surface area contributed by atoms with Gasteiger partial charge in [0.25, 0.3) is 5.56 Å². The number of nitrogens with zero attached hydrogens (tertiary/aromatic N) is 4. The number of Topliss-reactive ketones (excluding diaryl/α,β-unsaturated/α-hetero) is 1. The van der Waals surface area contributed by atoms with Crippen LogP contribution in [-0.4, -0.2) is 44.9 Å². The van der Waals surface area contributed by atoms with E-state index < -0.39 is 0 Å². The van der Waals surface area contributed by atoms with Crippen molar-refractivity contribution in [2.24, 2.45) is 5.41 Å². The maximum Gasteiger partial charge on any atom is 0.264 e. The Bertz CT molecular complexity index is 1230. The summed E-state index contributed by atoms with van der Waals surface area (Å²) in [5, 5.41) is 3.72. The third-order valence-electron chi connectivity index (χ3n) is 6.71. The minimum absolute atomic E-state index is 0.128. The number of fused-ring (bicyclic) bond motifs is 1. The first-order valence-corrected chi connectivity index (χ1v) is 11.7. The molecule has 0 bridgehead atoms. The molecule has 8 heteroatoms. The molecule has 3 aromatic rings. The number of rotatable bonds is 8. The van der Waals surface area contributed by atoms with Crippen LogP contribution < -0.4 is 16.6 Å². The molecule has 2 fully saturated rings. The molecule has 1 spiro atoms. The van der Waals surface area contributed by atoms with E-state index in [1.807, 2.05) is 6.07 Å². The minimum atomic E-state index is -0.128. The third-order valence-corrected chi connectivity index (χ3v) is 6.71. The van der Waals surface area contributed by atoms with E-state index in [4.69, 9.17) is 5.73 Å². The predicted octanol–water partition coefficient (Wildman–Crippen LogP) is 2.80. The topological polar surface area (TPSA) is 106 Å².